The van der Waals surface area contributed by atoms with E-state index >= 15 is 0 Å². The SMILES string of the molecule is Cc1c(Cl)ccc2c1NC(=O)CC2. The number of fused-ring (bicyclic) bond motifs is 1. The minimum absolute atomic E-state index is 0.0814. The monoisotopic (exact) mass is 195 g/mol. The van der Waals surface area contributed by atoms with Gasteiger partial charge in [-0.05, 0) is 30.5 Å². The van der Waals surface area contributed by atoms with Crippen LogP contribution in [0.1, 0.15) is 17.5 Å². The van der Waals surface area contributed by atoms with Crippen molar-refractivity contribution in [2.45, 2.75) is 19.8 Å². The van der Waals surface area contributed by atoms with Gasteiger partial charge in [0.15, 0.2) is 0 Å². The fourth-order valence-electron chi connectivity index (χ4n) is 1.57. The van der Waals surface area contributed by atoms with Gasteiger partial charge in [-0.2, -0.15) is 0 Å². The van der Waals surface area contributed by atoms with Crippen LogP contribution in [0.3, 0.4) is 0 Å². The molecule has 0 bridgehead atoms. The average molecular weight is 196 g/mol. The summed E-state index contributed by atoms with van der Waals surface area (Å²) in [5.74, 6) is 0.0814. The molecule has 68 valence electrons. The molecule has 0 aromatic heterocycles. The predicted molar refractivity (Wildman–Crippen MR) is 53.1 cm³/mol. The Morgan fingerprint density at radius 2 is 2.15 bits per heavy atom. The van der Waals surface area contributed by atoms with Gasteiger partial charge in [-0.15, -0.1) is 0 Å². The molecule has 0 radical (unpaired) electrons. The summed E-state index contributed by atoms with van der Waals surface area (Å²) in [5, 5.41) is 3.55. The zero-order valence-electron chi connectivity index (χ0n) is 7.36. The van der Waals surface area contributed by atoms with E-state index in [1.807, 2.05) is 19.1 Å². The molecule has 1 aromatic carbocycles. The van der Waals surface area contributed by atoms with E-state index in [2.05, 4.69) is 5.32 Å². The topological polar surface area (TPSA) is 29.1 Å². The van der Waals surface area contributed by atoms with Crippen molar-refractivity contribution in [2.75, 3.05) is 5.32 Å². The van der Waals surface area contributed by atoms with Crippen LogP contribution < -0.4 is 5.32 Å². The number of nitrogens with one attached hydrogen (secondary N) is 1. The Bertz CT molecular complexity index is 373. The number of amides is 1. The first-order valence-electron chi connectivity index (χ1n) is 4.26. The molecule has 0 aliphatic carbocycles. The Kier molecular flexibility index (Phi) is 2.00. The number of benzene rings is 1. The normalized spacial score (nSPS) is 15.1. The summed E-state index contributed by atoms with van der Waals surface area (Å²) in [6, 6.07) is 3.86. The van der Waals surface area contributed by atoms with E-state index in [1.165, 1.54) is 5.56 Å². The van der Waals surface area contributed by atoms with Crippen molar-refractivity contribution >= 4 is 23.2 Å². The fraction of sp³-hybridized carbons (Fsp3) is 0.300. The molecule has 0 spiro atoms. The van der Waals surface area contributed by atoms with Gasteiger partial charge < -0.3 is 5.32 Å². The van der Waals surface area contributed by atoms with E-state index in [4.69, 9.17) is 11.6 Å². The summed E-state index contributed by atoms with van der Waals surface area (Å²) >= 11 is 5.94. The zero-order chi connectivity index (χ0) is 9.42. The van der Waals surface area contributed by atoms with E-state index in [0.29, 0.717) is 11.4 Å². The fourth-order valence-corrected chi connectivity index (χ4v) is 1.73. The van der Waals surface area contributed by atoms with Crippen LogP contribution >= 0.6 is 11.6 Å². The third-order valence-electron chi connectivity index (χ3n) is 2.37. The van der Waals surface area contributed by atoms with Gasteiger partial charge in [-0.25, -0.2) is 0 Å². The van der Waals surface area contributed by atoms with E-state index < -0.39 is 0 Å². The van der Waals surface area contributed by atoms with Gasteiger partial charge in [-0.3, -0.25) is 4.79 Å². The number of hydrogen-bond donors (Lipinski definition) is 1. The van der Waals surface area contributed by atoms with Crippen molar-refractivity contribution in [3.8, 4) is 0 Å². The van der Waals surface area contributed by atoms with Gasteiger partial charge in [0.25, 0.3) is 0 Å². The van der Waals surface area contributed by atoms with Gasteiger partial charge in [-0.1, -0.05) is 17.7 Å². The number of anilines is 1. The molecule has 0 saturated heterocycles. The van der Waals surface area contributed by atoms with Gasteiger partial charge in [0, 0.05) is 17.1 Å². The zero-order valence-corrected chi connectivity index (χ0v) is 8.11. The van der Waals surface area contributed by atoms with Gasteiger partial charge in [0.2, 0.25) is 5.91 Å². The molecule has 13 heavy (non-hydrogen) atoms. The predicted octanol–water partition coefficient (Wildman–Crippen LogP) is 2.53. The third kappa shape index (κ3) is 1.42. The Morgan fingerprint density at radius 3 is 2.92 bits per heavy atom. The number of aryl methyl sites for hydroxylation is 1. The second-order valence-electron chi connectivity index (χ2n) is 3.25. The highest BCUT2D eigenvalue weighted by Crippen LogP contribution is 2.30. The molecule has 0 unspecified atom stereocenters. The molecular weight excluding hydrogens is 186 g/mol. The van der Waals surface area contributed by atoms with Gasteiger partial charge in [0.05, 0.1) is 0 Å². The minimum Gasteiger partial charge on any atom is -0.326 e. The number of halogens is 1. The van der Waals surface area contributed by atoms with Crippen LogP contribution in [0.25, 0.3) is 0 Å². The number of carbonyl (C=O) groups is 1. The van der Waals surface area contributed by atoms with Crippen LogP contribution in [0.15, 0.2) is 12.1 Å². The maximum absolute atomic E-state index is 11.1. The summed E-state index contributed by atoms with van der Waals surface area (Å²) in [7, 11) is 0. The number of hydrogen-bond acceptors (Lipinski definition) is 1. The van der Waals surface area contributed by atoms with Gasteiger partial charge >= 0.3 is 0 Å². The first-order chi connectivity index (χ1) is 6.18. The van der Waals surface area contributed by atoms with Crippen molar-refractivity contribution in [1.82, 2.24) is 0 Å². The molecule has 0 fully saturated rings. The minimum atomic E-state index is 0.0814. The molecular formula is C10H10ClNO. The number of rotatable bonds is 0. The maximum atomic E-state index is 11.1. The van der Waals surface area contributed by atoms with Crippen LogP contribution in [-0.2, 0) is 11.2 Å². The molecule has 1 aromatic rings. The lowest BCUT2D eigenvalue weighted by Crippen LogP contribution is -2.19. The first kappa shape index (κ1) is 8.57. The molecule has 1 amide bonds. The third-order valence-corrected chi connectivity index (χ3v) is 2.78. The Balaban J connectivity index is 2.54. The lowest BCUT2D eigenvalue weighted by atomic mass is 10.00. The maximum Gasteiger partial charge on any atom is 0.224 e. The lowest BCUT2D eigenvalue weighted by Gasteiger charge is -2.19. The van der Waals surface area contributed by atoms with Crippen molar-refractivity contribution in [1.29, 1.82) is 0 Å². The highest BCUT2D eigenvalue weighted by Gasteiger charge is 2.17. The second-order valence-corrected chi connectivity index (χ2v) is 3.66. The van der Waals surface area contributed by atoms with E-state index in [9.17, 15) is 4.79 Å². The van der Waals surface area contributed by atoms with Crippen molar-refractivity contribution in [2.24, 2.45) is 0 Å². The van der Waals surface area contributed by atoms with Crippen LogP contribution in [0, 0.1) is 6.92 Å². The molecule has 2 rings (SSSR count). The first-order valence-corrected chi connectivity index (χ1v) is 4.64. The largest absolute Gasteiger partial charge is 0.326 e. The molecule has 2 nitrogen and oxygen atoms in total. The van der Waals surface area contributed by atoms with E-state index in [1.54, 1.807) is 0 Å². The van der Waals surface area contributed by atoms with Crippen LogP contribution in [0.2, 0.25) is 5.02 Å². The summed E-state index contributed by atoms with van der Waals surface area (Å²) in [4.78, 5) is 11.1. The molecule has 0 saturated carbocycles. The molecule has 1 aliphatic heterocycles. The highest BCUT2D eigenvalue weighted by atomic mass is 35.5. The van der Waals surface area contributed by atoms with Crippen LogP contribution in [0.5, 0.6) is 0 Å². The molecule has 3 heteroatoms. The van der Waals surface area contributed by atoms with E-state index in [0.717, 1.165) is 17.7 Å². The van der Waals surface area contributed by atoms with Crippen LogP contribution in [0.4, 0.5) is 5.69 Å². The van der Waals surface area contributed by atoms with Crippen molar-refractivity contribution in [3.05, 3.63) is 28.3 Å². The summed E-state index contributed by atoms with van der Waals surface area (Å²) in [6.45, 7) is 1.92. The molecule has 1 N–H and O–H groups in total. The van der Waals surface area contributed by atoms with Crippen LogP contribution in [-0.4, -0.2) is 5.91 Å². The lowest BCUT2D eigenvalue weighted by molar-refractivity contribution is -0.116. The Hall–Kier alpha value is -1.02. The molecule has 0 atom stereocenters. The molecule has 1 heterocycles. The summed E-state index contributed by atoms with van der Waals surface area (Å²) in [6.07, 6.45) is 1.40. The van der Waals surface area contributed by atoms with Crippen molar-refractivity contribution < 1.29 is 4.79 Å². The smallest absolute Gasteiger partial charge is 0.224 e. The Labute approximate surface area is 81.9 Å². The second kappa shape index (κ2) is 3.04. The summed E-state index contributed by atoms with van der Waals surface area (Å²) in [5.41, 5.74) is 3.05. The van der Waals surface area contributed by atoms with Gasteiger partial charge in [0.1, 0.15) is 0 Å². The Morgan fingerprint density at radius 1 is 1.38 bits per heavy atom. The highest BCUT2D eigenvalue weighted by molar-refractivity contribution is 6.31. The average Bonchev–Trinajstić information content (AvgIpc) is 2.12. The molecule has 1 aliphatic rings. The number of carbonyl (C=O) groups excluding carboxylic acids is 1. The van der Waals surface area contributed by atoms with Crippen molar-refractivity contribution in [3.63, 3.8) is 0 Å². The van der Waals surface area contributed by atoms with E-state index in [-0.39, 0.29) is 5.91 Å². The quantitative estimate of drug-likeness (QED) is 0.677. The summed E-state index contributed by atoms with van der Waals surface area (Å²) < 4.78 is 0. The standard InChI is InChI=1S/C10H10ClNO/c1-6-8(11)4-2-7-3-5-9(13)12-10(6)7/h2,4H,3,5H2,1H3,(H,12,13).